The van der Waals surface area contributed by atoms with Gasteiger partial charge in [-0.3, -0.25) is 5.32 Å². The molecule has 0 atom stereocenters. The molecular formula is C19H20ClFN2O2. The molecule has 4 nitrogen and oxygen atoms in total. The van der Waals surface area contributed by atoms with E-state index < -0.39 is 17.5 Å². The van der Waals surface area contributed by atoms with Crippen molar-refractivity contribution in [2.24, 2.45) is 0 Å². The average molecular weight is 363 g/mol. The van der Waals surface area contributed by atoms with Crippen molar-refractivity contribution in [2.45, 2.75) is 33.3 Å². The lowest BCUT2D eigenvalue weighted by Crippen LogP contribution is -2.27. The number of rotatable bonds is 3. The van der Waals surface area contributed by atoms with E-state index in [1.807, 2.05) is 6.92 Å². The fraction of sp³-hybridized carbons (Fsp3) is 0.263. The van der Waals surface area contributed by atoms with Crippen LogP contribution in [0.15, 0.2) is 31.0 Å². The highest BCUT2D eigenvalue weighted by atomic mass is 35.5. The van der Waals surface area contributed by atoms with Crippen LogP contribution in [0.1, 0.15) is 31.9 Å². The Hall–Kier alpha value is -2.40. The third-order valence-electron chi connectivity index (χ3n) is 3.37. The molecule has 1 heterocycles. The predicted octanol–water partition coefficient (Wildman–Crippen LogP) is 5.84. The van der Waals surface area contributed by atoms with Crippen molar-refractivity contribution in [1.29, 1.82) is 0 Å². The normalized spacial score (nSPS) is 11.1. The van der Waals surface area contributed by atoms with E-state index >= 15 is 0 Å². The number of hydrogen-bond acceptors (Lipinski definition) is 3. The number of halogens is 2. The van der Waals surface area contributed by atoms with Gasteiger partial charge in [-0.1, -0.05) is 24.3 Å². The molecule has 0 aliphatic carbocycles. The number of carbonyl (C=O) groups is 1. The molecule has 132 valence electrons. The van der Waals surface area contributed by atoms with Gasteiger partial charge in [-0.2, -0.15) is 0 Å². The van der Waals surface area contributed by atoms with Gasteiger partial charge in [0.05, 0.1) is 5.02 Å². The van der Waals surface area contributed by atoms with Gasteiger partial charge < -0.3 is 4.74 Å². The van der Waals surface area contributed by atoms with Crippen LogP contribution in [-0.4, -0.2) is 16.7 Å². The van der Waals surface area contributed by atoms with Gasteiger partial charge in [-0.05, 0) is 62.6 Å². The summed E-state index contributed by atoms with van der Waals surface area (Å²) in [4.78, 5) is 16.2. The van der Waals surface area contributed by atoms with E-state index in [4.69, 9.17) is 16.3 Å². The Morgan fingerprint density at radius 1 is 1.36 bits per heavy atom. The van der Waals surface area contributed by atoms with Crippen molar-refractivity contribution in [3.63, 3.8) is 0 Å². The summed E-state index contributed by atoms with van der Waals surface area (Å²) in [5, 5.41) is 2.67. The number of nitrogens with zero attached hydrogens (tertiary/aromatic N) is 1. The van der Waals surface area contributed by atoms with Crippen molar-refractivity contribution in [1.82, 2.24) is 4.98 Å². The monoisotopic (exact) mass is 362 g/mol. The quantitative estimate of drug-likeness (QED) is 0.746. The van der Waals surface area contributed by atoms with Gasteiger partial charge in [0.25, 0.3) is 0 Å². The molecule has 2 rings (SSSR count). The van der Waals surface area contributed by atoms with E-state index in [-0.39, 0.29) is 10.8 Å². The summed E-state index contributed by atoms with van der Waals surface area (Å²) in [6, 6.07) is 4.64. The molecule has 0 bridgehead atoms. The van der Waals surface area contributed by atoms with Gasteiger partial charge in [0, 0.05) is 11.8 Å². The summed E-state index contributed by atoms with van der Waals surface area (Å²) in [6.07, 6.45) is 2.46. The van der Waals surface area contributed by atoms with Gasteiger partial charge in [-0.25, -0.2) is 14.2 Å². The molecule has 25 heavy (non-hydrogen) atoms. The maximum absolute atomic E-state index is 13.9. The van der Waals surface area contributed by atoms with E-state index in [0.717, 1.165) is 5.56 Å². The Morgan fingerprint density at radius 2 is 2.04 bits per heavy atom. The Balaban J connectivity index is 2.47. The number of benzene rings is 1. The Labute approximate surface area is 151 Å². The lowest BCUT2D eigenvalue weighted by Gasteiger charge is -2.20. The van der Waals surface area contributed by atoms with Gasteiger partial charge in [0.15, 0.2) is 0 Å². The van der Waals surface area contributed by atoms with Gasteiger partial charge >= 0.3 is 6.09 Å². The number of aryl methyl sites for hydroxylation is 1. The number of anilines is 1. The zero-order valence-corrected chi connectivity index (χ0v) is 15.4. The second-order valence-electron chi connectivity index (χ2n) is 6.53. The van der Waals surface area contributed by atoms with E-state index in [1.165, 1.54) is 12.3 Å². The van der Waals surface area contributed by atoms with Crippen molar-refractivity contribution in [3.05, 3.63) is 52.9 Å². The minimum absolute atomic E-state index is 0.0579. The number of nitrogens with one attached hydrogen (secondary N) is 1. The van der Waals surface area contributed by atoms with Crippen LogP contribution in [0.2, 0.25) is 5.02 Å². The zero-order chi connectivity index (χ0) is 18.8. The smallest absolute Gasteiger partial charge is 0.413 e. The molecule has 1 amide bonds. The van der Waals surface area contributed by atoms with Crippen LogP contribution in [0.4, 0.5) is 15.0 Å². The topological polar surface area (TPSA) is 51.2 Å². The van der Waals surface area contributed by atoms with Crippen molar-refractivity contribution in [2.75, 3.05) is 5.32 Å². The van der Waals surface area contributed by atoms with Crippen LogP contribution >= 0.6 is 11.6 Å². The number of pyridine rings is 1. The number of amides is 1. The Bertz CT molecular complexity index is 829. The van der Waals surface area contributed by atoms with E-state index in [1.54, 1.807) is 39.0 Å². The van der Waals surface area contributed by atoms with Crippen molar-refractivity contribution < 1.29 is 13.9 Å². The SMILES string of the molecule is C=Cc1c(-c2cc(F)c(Cl)cc2C)ccnc1NC(=O)OC(C)(C)C. The first-order chi connectivity index (χ1) is 11.6. The molecule has 0 unspecified atom stereocenters. The largest absolute Gasteiger partial charge is 0.444 e. The first-order valence-corrected chi connectivity index (χ1v) is 8.07. The van der Waals surface area contributed by atoms with Gasteiger partial charge in [0.1, 0.15) is 17.2 Å². The molecule has 1 N–H and O–H groups in total. The number of hydrogen-bond donors (Lipinski definition) is 1. The second kappa shape index (κ2) is 7.23. The molecule has 6 heteroatoms. The highest BCUT2D eigenvalue weighted by Gasteiger charge is 2.19. The maximum atomic E-state index is 13.9. The van der Waals surface area contributed by atoms with Crippen LogP contribution in [0.25, 0.3) is 17.2 Å². The molecule has 0 spiro atoms. The molecule has 0 aliphatic rings. The molecule has 0 radical (unpaired) electrons. The van der Waals surface area contributed by atoms with Crippen molar-refractivity contribution in [3.8, 4) is 11.1 Å². The Kier molecular flexibility index (Phi) is 5.48. The second-order valence-corrected chi connectivity index (χ2v) is 6.94. The Morgan fingerprint density at radius 3 is 2.64 bits per heavy atom. The molecule has 0 saturated heterocycles. The van der Waals surface area contributed by atoms with Crippen LogP contribution in [0, 0.1) is 12.7 Å². The average Bonchev–Trinajstić information content (AvgIpc) is 2.48. The fourth-order valence-electron chi connectivity index (χ4n) is 2.35. The third kappa shape index (κ3) is 4.57. The minimum atomic E-state index is -0.633. The summed E-state index contributed by atoms with van der Waals surface area (Å²) in [5.41, 5.74) is 2.06. The number of carbonyl (C=O) groups excluding carboxylic acids is 1. The highest BCUT2D eigenvalue weighted by Crippen LogP contribution is 2.33. The van der Waals surface area contributed by atoms with E-state index in [9.17, 15) is 9.18 Å². The first kappa shape index (κ1) is 18.9. The third-order valence-corrected chi connectivity index (χ3v) is 3.66. The summed E-state index contributed by atoms with van der Waals surface area (Å²) in [7, 11) is 0. The minimum Gasteiger partial charge on any atom is -0.444 e. The van der Waals surface area contributed by atoms with E-state index in [0.29, 0.717) is 16.7 Å². The van der Waals surface area contributed by atoms with Crippen LogP contribution in [0.5, 0.6) is 0 Å². The molecular weight excluding hydrogens is 343 g/mol. The lowest BCUT2D eigenvalue weighted by atomic mass is 9.96. The molecule has 0 aliphatic heterocycles. The molecule has 2 aromatic rings. The fourth-order valence-corrected chi connectivity index (χ4v) is 2.57. The summed E-state index contributed by atoms with van der Waals surface area (Å²) >= 11 is 5.83. The summed E-state index contributed by atoms with van der Waals surface area (Å²) in [6.45, 7) is 10.9. The summed E-state index contributed by atoms with van der Waals surface area (Å²) < 4.78 is 19.2. The zero-order valence-electron chi connectivity index (χ0n) is 14.6. The highest BCUT2D eigenvalue weighted by molar-refractivity contribution is 6.30. The van der Waals surface area contributed by atoms with Crippen molar-refractivity contribution >= 4 is 29.6 Å². The maximum Gasteiger partial charge on any atom is 0.413 e. The van der Waals surface area contributed by atoms with Gasteiger partial charge in [0.2, 0.25) is 0 Å². The van der Waals surface area contributed by atoms with E-state index in [2.05, 4.69) is 16.9 Å². The summed E-state index contributed by atoms with van der Waals surface area (Å²) in [5.74, 6) is -0.229. The first-order valence-electron chi connectivity index (χ1n) is 7.70. The molecule has 0 fully saturated rings. The standard InChI is InChI=1S/C19H20ClFN2O2/c1-6-12-13(14-10-16(21)15(20)9-11(14)2)7-8-22-17(12)23-18(24)25-19(3,4)5/h6-10H,1H2,2-5H3,(H,22,23,24). The molecule has 1 aromatic heterocycles. The number of aromatic nitrogens is 1. The van der Waals surface area contributed by atoms with Gasteiger partial charge in [-0.15, -0.1) is 0 Å². The van der Waals surface area contributed by atoms with Crippen LogP contribution < -0.4 is 5.32 Å². The predicted molar refractivity (Wildman–Crippen MR) is 99.3 cm³/mol. The van der Waals surface area contributed by atoms with Crippen LogP contribution in [0.3, 0.4) is 0 Å². The number of ether oxygens (including phenoxy) is 1. The van der Waals surface area contributed by atoms with Crippen LogP contribution in [-0.2, 0) is 4.74 Å². The molecule has 1 aromatic carbocycles. The lowest BCUT2D eigenvalue weighted by molar-refractivity contribution is 0.0635. The molecule has 0 saturated carbocycles.